The van der Waals surface area contributed by atoms with Crippen molar-refractivity contribution in [2.45, 2.75) is 58.5 Å². The van der Waals surface area contributed by atoms with E-state index in [0.717, 1.165) is 17.5 Å². The molecule has 20 heavy (non-hydrogen) atoms. The molecule has 108 valence electrons. The fourth-order valence-corrected chi connectivity index (χ4v) is 3.50. The minimum absolute atomic E-state index is 0.0853. The molecule has 0 radical (unpaired) electrons. The molecule has 0 aromatic heterocycles. The number of Topliss-reactive ketones (excluding diaryl/α,β-unsaturated/α-hetero) is 1. The summed E-state index contributed by atoms with van der Waals surface area (Å²) in [6.07, 6.45) is 0.770. The molecule has 1 fully saturated rings. The maximum Gasteiger partial charge on any atom is 0.168 e. The number of carbonyl (C=O) groups excluding carboxylic acids is 1. The monoisotopic (exact) mass is 274 g/mol. The molecule has 0 amide bonds. The van der Waals surface area contributed by atoms with Gasteiger partial charge in [-0.1, -0.05) is 12.1 Å². The van der Waals surface area contributed by atoms with Crippen molar-refractivity contribution in [3.8, 4) is 0 Å². The lowest BCUT2D eigenvalue weighted by atomic mass is 9.81. The van der Waals surface area contributed by atoms with Crippen molar-refractivity contribution in [1.82, 2.24) is 0 Å². The van der Waals surface area contributed by atoms with Gasteiger partial charge in [0.2, 0.25) is 0 Å². The lowest BCUT2D eigenvalue weighted by molar-refractivity contribution is -0.0712. The highest BCUT2D eigenvalue weighted by atomic mass is 16.5. The largest absolute Gasteiger partial charge is 0.372 e. The van der Waals surface area contributed by atoms with Crippen LogP contribution in [0, 0.1) is 5.92 Å². The fourth-order valence-electron chi connectivity index (χ4n) is 3.50. The fraction of sp³-hybridized carbons (Fsp3) is 0.588. The smallest absolute Gasteiger partial charge is 0.168 e. The van der Waals surface area contributed by atoms with Crippen molar-refractivity contribution in [1.29, 1.82) is 0 Å². The minimum Gasteiger partial charge on any atom is -0.372 e. The zero-order valence-electron chi connectivity index (χ0n) is 12.7. The maximum absolute atomic E-state index is 12.8. The van der Waals surface area contributed by atoms with E-state index in [-0.39, 0.29) is 17.3 Å². The predicted molar refractivity (Wildman–Crippen MR) is 76.6 cm³/mol. The topological polar surface area (TPSA) is 35.5 Å². The summed E-state index contributed by atoms with van der Waals surface area (Å²) in [5.41, 5.74) is 2.49. The summed E-state index contributed by atoms with van der Waals surface area (Å²) in [5, 5.41) is 0. The normalized spacial score (nSPS) is 26.5. The van der Waals surface area contributed by atoms with E-state index in [2.05, 4.69) is 13.8 Å². The Balaban J connectivity index is 1.89. The zero-order valence-corrected chi connectivity index (χ0v) is 12.7. The molecule has 2 aliphatic rings. The lowest BCUT2D eigenvalue weighted by Gasteiger charge is -2.26. The second-order valence-corrected chi connectivity index (χ2v) is 7.06. The van der Waals surface area contributed by atoms with Crippen LogP contribution in [0.15, 0.2) is 18.2 Å². The van der Waals surface area contributed by atoms with E-state index >= 15 is 0 Å². The second kappa shape index (κ2) is 4.40. The van der Waals surface area contributed by atoms with Crippen LogP contribution in [0.3, 0.4) is 0 Å². The average molecular weight is 274 g/mol. The van der Waals surface area contributed by atoms with Crippen LogP contribution in [-0.4, -0.2) is 17.0 Å². The summed E-state index contributed by atoms with van der Waals surface area (Å²) in [6.45, 7) is 9.42. The number of hydrogen-bond acceptors (Lipinski definition) is 3. The Kier molecular flexibility index (Phi) is 3.03. The number of carbonyl (C=O) groups is 1. The third-order valence-corrected chi connectivity index (χ3v) is 4.40. The molecule has 3 nitrogen and oxygen atoms in total. The number of benzene rings is 1. The third-order valence-electron chi connectivity index (χ3n) is 4.40. The summed E-state index contributed by atoms with van der Waals surface area (Å²) in [5.74, 6) is 0.105. The number of hydrogen-bond donors (Lipinski definition) is 0. The van der Waals surface area contributed by atoms with E-state index < -0.39 is 5.60 Å². The van der Waals surface area contributed by atoms with Gasteiger partial charge in [-0.2, -0.15) is 0 Å². The molecular formula is C17H22O3. The van der Waals surface area contributed by atoms with E-state index in [4.69, 9.17) is 9.47 Å². The highest BCUT2D eigenvalue weighted by molar-refractivity contribution is 5.99. The van der Waals surface area contributed by atoms with Crippen molar-refractivity contribution < 1.29 is 14.3 Å². The lowest BCUT2D eigenvalue weighted by Crippen LogP contribution is -2.33. The van der Waals surface area contributed by atoms with E-state index in [9.17, 15) is 4.79 Å². The quantitative estimate of drug-likeness (QED) is 0.774. The standard InChI is InChI=1S/C17H22O3/c1-16(2)8-14(17(3,4)20-16)15(18)11-5-6-12-9-19-10-13(12)7-11/h5-7,14H,8-10H2,1-4H3. The predicted octanol–water partition coefficient (Wildman–Crippen LogP) is 3.49. The number of ether oxygens (including phenoxy) is 2. The van der Waals surface area contributed by atoms with Gasteiger partial charge in [-0.3, -0.25) is 4.79 Å². The molecule has 1 aromatic rings. The molecule has 0 N–H and O–H groups in total. The highest BCUT2D eigenvalue weighted by Crippen LogP contribution is 2.43. The van der Waals surface area contributed by atoms with Crippen molar-refractivity contribution >= 4 is 5.78 Å². The average Bonchev–Trinajstić information content (AvgIpc) is 2.88. The second-order valence-electron chi connectivity index (χ2n) is 7.06. The van der Waals surface area contributed by atoms with Gasteiger partial charge in [0.15, 0.2) is 5.78 Å². The van der Waals surface area contributed by atoms with Crippen molar-refractivity contribution in [2.75, 3.05) is 0 Å². The highest BCUT2D eigenvalue weighted by Gasteiger charge is 2.49. The molecule has 1 saturated heterocycles. The van der Waals surface area contributed by atoms with E-state index in [1.165, 1.54) is 5.56 Å². The number of ketones is 1. The van der Waals surface area contributed by atoms with Gasteiger partial charge in [0, 0.05) is 5.56 Å². The van der Waals surface area contributed by atoms with Crippen LogP contribution in [0.5, 0.6) is 0 Å². The summed E-state index contributed by atoms with van der Waals surface area (Å²) in [7, 11) is 0. The van der Waals surface area contributed by atoms with E-state index in [0.29, 0.717) is 13.2 Å². The number of fused-ring (bicyclic) bond motifs is 1. The Hall–Kier alpha value is -1.19. The Morgan fingerprint density at radius 2 is 1.85 bits per heavy atom. The van der Waals surface area contributed by atoms with Gasteiger partial charge < -0.3 is 9.47 Å². The maximum atomic E-state index is 12.8. The van der Waals surface area contributed by atoms with Gasteiger partial charge in [0.1, 0.15) is 0 Å². The molecule has 1 aromatic carbocycles. The van der Waals surface area contributed by atoms with E-state index in [1.807, 2.05) is 32.0 Å². The molecule has 3 rings (SSSR count). The van der Waals surface area contributed by atoms with Crippen LogP contribution < -0.4 is 0 Å². The first kappa shape index (κ1) is 13.8. The molecule has 2 heterocycles. The van der Waals surface area contributed by atoms with Crippen LogP contribution in [0.2, 0.25) is 0 Å². The number of rotatable bonds is 2. The van der Waals surface area contributed by atoms with Crippen molar-refractivity contribution in [2.24, 2.45) is 5.92 Å². The molecule has 0 spiro atoms. The van der Waals surface area contributed by atoms with Crippen LogP contribution >= 0.6 is 0 Å². The summed E-state index contributed by atoms with van der Waals surface area (Å²) >= 11 is 0. The first-order chi connectivity index (χ1) is 9.28. The molecule has 0 saturated carbocycles. The molecule has 1 atom stereocenters. The van der Waals surface area contributed by atoms with Gasteiger partial charge in [-0.25, -0.2) is 0 Å². The van der Waals surface area contributed by atoms with Crippen LogP contribution in [0.4, 0.5) is 0 Å². The first-order valence-electron chi connectivity index (χ1n) is 7.22. The van der Waals surface area contributed by atoms with Gasteiger partial charge in [0.25, 0.3) is 0 Å². The minimum atomic E-state index is -0.407. The molecular weight excluding hydrogens is 252 g/mol. The van der Waals surface area contributed by atoms with Gasteiger partial charge in [0.05, 0.1) is 30.3 Å². The Morgan fingerprint density at radius 1 is 1.15 bits per heavy atom. The van der Waals surface area contributed by atoms with Crippen LogP contribution in [0.25, 0.3) is 0 Å². The van der Waals surface area contributed by atoms with Crippen molar-refractivity contribution in [3.05, 3.63) is 34.9 Å². The summed E-state index contributed by atoms with van der Waals surface area (Å²) in [6, 6.07) is 5.94. The third kappa shape index (κ3) is 2.29. The van der Waals surface area contributed by atoms with Crippen molar-refractivity contribution in [3.63, 3.8) is 0 Å². The van der Waals surface area contributed by atoms with Gasteiger partial charge >= 0.3 is 0 Å². The summed E-state index contributed by atoms with van der Waals surface area (Å²) < 4.78 is 11.5. The van der Waals surface area contributed by atoms with Gasteiger partial charge in [-0.05, 0) is 51.3 Å². The van der Waals surface area contributed by atoms with Crippen LogP contribution in [0.1, 0.15) is 55.6 Å². The Morgan fingerprint density at radius 3 is 2.50 bits per heavy atom. The zero-order chi connectivity index (χ0) is 14.5. The summed E-state index contributed by atoms with van der Waals surface area (Å²) in [4.78, 5) is 12.8. The molecule has 3 heteroatoms. The molecule has 0 aliphatic carbocycles. The van der Waals surface area contributed by atoms with E-state index in [1.54, 1.807) is 0 Å². The first-order valence-corrected chi connectivity index (χ1v) is 7.22. The molecule has 2 aliphatic heterocycles. The van der Waals surface area contributed by atoms with Crippen LogP contribution in [-0.2, 0) is 22.7 Å². The Labute approximate surface area is 120 Å². The van der Waals surface area contributed by atoms with Gasteiger partial charge in [-0.15, -0.1) is 0 Å². The molecule has 1 unspecified atom stereocenters. The Bertz CT molecular complexity index is 557. The SMILES string of the molecule is CC1(C)CC(C(=O)c2ccc3c(c2)COC3)C(C)(C)O1. The molecule has 0 bridgehead atoms.